The van der Waals surface area contributed by atoms with Crippen LogP contribution < -0.4 is 5.32 Å². The molecule has 0 bridgehead atoms. The van der Waals surface area contributed by atoms with Gasteiger partial charge in [-0.2, -0.15) is 0 Å². The average molecular weight is 374 g/mol. The van der Waals surface area contributed by atoms with Crippen molar-refractivity contribution >= 4 is 28.9 Å². The molecule has 2 rings (SSSR count). The van der Waals surface area contributed by atoms with E-state index in [0.29, 0.717) is 10.0 Å². The van der Waals surface area contributed by atoms with Crippen LogP contribution in [0.3, 0.4) is 0 Å². The summed E-state index contributed by atoms with van der Waals surface area (Å²) in [6, 6.07) is 5.52. The first-order chi connectivity index (χ1) is 11.7. The molecule has 1 aliphatic heterocycles. The van der Waals surface area contributed by atoms with Crippen LogP contribution in [0.2, 0.25) is 10.0 Å². The van der Waals surface area contributed by atoms with E-state index in [2.05, 4.69) is 15.4 Å². The fourth-order valence-electron chi connectivity index (χ4n) is 2.60. The van der Waals surface area contributed by atoms with E-state index in [0.717, 1.165) is 70.1 Å². The molecule has 7 heteroatoms. The molecule has 0 spiro atoms. The quantitative estimate of drug-likeness (QED) is 0.410. The van der Waals surface area contributed by atoms with Gasteiger partial charge in [-0.1, -0.05) is 34.4 Å². The van der Waals surface area contributed by atoms with Crippen LogP contribution in [0.15, 0.2) is 23.4 Å². The number of halogens is 2. The van der Waals surface area contributed by atoms with Gasteiger partial charge in [0.15, 0.2) is 0 Å². The topological polar surface area (TPSA) is 46.1 Å². The van der Waals surface area contributed by atoms with Gasteiger partial charge >= 0.3 is 0 Å². The number of benzene rings is 1. The minimum Gasteiger partial charge on any atom is -0.399 e. The first kappa shape index (κ1) is 19.5. The number of ether oxygens (including phenoxy) is 1. The molecule has 0 aliphatic carbocycles. The molecule has 134 valence electrons. The van der Waals surface area contributed by atoms with E-state index >= 15 is 0 Å². The minimum atomic E-state index is 0.529. The van der Waals surface area contributed by atoms with Crippen molar-refractivity contribution in [3.8, 4) is 0 Å². The number of morpholine rings is 1. The predicted octanol–water partition coefficient (Wildman–Crippen LogP) is 3.05. The van der Waals surface area contributed by atoms with Crippen LogP contribution >= 0.6 is 23.2 Å². The second-order valence-electron chi connectivity index (χ2n) is 5.66. The molecule has 1 fully saturated rings. The van der Waals surface area contributed by atoms with Gasteiger partial charge in [-0.15, -0.1) is 0 Å². The lowest BCUT2D eigenvalue weighted by molar-refractivity contribution is 0.0384. The number of hydrogen-bond acceptors (Lipinski definition) is 5. The first-order valence-corrected chi connectivity index (χ1v) is 9.02. The highest BCUT2D eigenvalue weighted by molar-refractivity contribution is 6.42. The van der Waals surface area contributed by atoms with Crippen molar-refractivity contribution in [2.45, 2.75) is 12.8 Å². The van der Waals surface area contributed by atoms with Crippen molar-refractivity contribution in [3.63, 3.8) is 0 Å². The molecule has 0 radical (unpaired) electrons. The smallest absolute Gasteiger partial charge is 0.106 e. The van der Waals surface area contributed by atoms with Gasteiger partial charge < -0.3 is 14.9 Å². The number of nitrogens with zero attached hydrogens (tertiary/aromatic N) is 2. The lowest BCUT2D eigenvalue weighted by Crippen LogP contribution is -2.40. The van der Waals surface area contributed by atoms with Crippen LogP contribution in [0.5, 0.6) is 0 Å². The van der Waals surface area contributed by atoms with Gasteiger partial charge in [-0.05, 0) is 31.5 Å². The normalized spacial score (nSPS) is 16.4. The number of oxime groups is 1. The zero-order valence-corrected chi connectivity index (χ0v) is 15.6. The van der Waals surface area contributed by atoms with Crippen LogP contribution in [-0.2, 0) is 9.57 Å². The van der Waals surface area contributed by atoms with Gasteiger partial charge in [0.05, 0.1) is 29.0 Å². The summed E-state index contributed by atoms with van der Waals surface area (Å²) in [4.78, 5) is 7.38. The highest BCUT2D eigenvalue weighted by atomic mass is 35.5. The number of hydrogen-bond donors (Lipinski definition) is 1. The summed E-state index contributed by atoms with van der Waals surface area (Å²) in [5.41, 5.74) is 1.82. The monoisotopic (exact) mass is 373 g/mol. The molecule has 1 N–H and O–H groups in total. The Balaban J connectivity index is 1.70. The Morgan fingerprint density at radius 2 is 2.04 bits per heavy atom. The molecule has 1 aromatic carbocycles. The lowest BCUT2D eigenvalue weighted by Gasteiger charge is -2.26. The molecule has 1 aliphatic rings. The molecule has 0 amide bonds. The Morgan fingerprint density at radius 1 is 1.25 bits per heavy atom. The van der Waals surface area contributed by atoms with E-state index in [4.69, 9.17) is 32.8 Å². The fourth-order valence-corrected chi connectivity index (χ4v) is 2.89. The van der Waals surface area contributed by atoms with Crippen LogP contribution in [0.4, 0.5) is 0 Å². The van der Waals surface area contributed by atoms with E-state index in [1.165, 1.54) is 0 Å². The summed E-state index contributed by atoms with van der Waals surface area (Å²) < 4.78 is 5.35. The maximum absolute atomic E-state index is 6.08. The molecule has 0 aromatic heterocycles. The Hall–Kier alpha value is -0.850. The van der Waals surface area contributed by atoms with Crippen molar-refractivity contribution in [1.82, 2.24) is 10.2 Å². The number of rotatable bonds is 9. The zero-order valence-electron chi connectivity index (χ0n) is 14.1. The summed E-state index contributed by atoms with van der Waals surface area (Å²) in [6.45, 7) is 6.75. The van der Waals surface area contributed by atoms with Crippen molar-refractivity contribution in [1.29, 1.82) is 0 Å². The highest BCUT2D eigenvalue weighted by Crippen LogP contribution is 2.23. The van der Waals surface area contributed by atoms with Crippen LogP contribution in [0, 0.1) is 0 Å². The zero-order chi connectivity index (χ0) is 17.2. The Bertz CT molecular complexity index is 535. The van der Waals surface area contributed by atoms with Gasteiger partial charge in [0, 0.05) is 31.7 Å². The van der Waals surface area contributed by atoms with Gasteiger partial charge in [0.1, 0.15) is 7.11 Å². The summed E-state index contributed by atoms with van der Waals surface area (Å²) in [7, 11) is 1.55. The Morgan fingerprint density at radius 3 is 2.75 bits per heavy atom. The highest BCUT2D eigenvalue weighted by Gasteiger charge is 2.10. The van der Waals surface area contributed by atoms with Crippen molar-refractivity contribution in [2.24, 2.45) is 5.16 Å². The minimum absolute atomic E-state index is 0.529. The molecule has 24 heavy (non-hydrogen) atoms. The average Bonchev–Trinajstić information content (AvgIpc) is 2.60. The summed E-state index contributed by atoms with van der Waals surface area (Å²) in [5, 5.41) is 8.67. The summed E-state index contributed by atoms with van der Waals surface area (Å²) in [5.74, 6) is 0. The van der Waals surface area contributed by atoms with E-state index in [1.54, 1.807) is 13.2 Å². The Labute approximate surface area is 153 Å². The predicted molar refractivity (Wildman–Crippen MR) is 99.4 cm³/mol. The second kappa shape index (κ2) is 10.9. The third kappa shape index (κ3) is 6.57. The van der Waals surface area contributed by atoms with Gasteiger partial charge in [-0.3, -0.25) is 4.90 Å². The molecular formula is C17H25Cl2N3O2. The standard InChI is InChI=1S/C17H25Cl2N3O2/c1-23-21-17(14-4-5-15(18)16(19)13-14)3-2-6-20-7-8-22-9-11-24-12-10-22/h4-5,13,20H,2-3,6-12H2,1H3/b21-17+. The third-order valence-electron chi connectivity index (χ3n) is 3.93. The van der Waals surface area contributed by atoms with Crippen molar-refractivity contribution in [3.05, 3.63) is 33.8 Å². The molecule has 0 saturated carbocycles. The summed E-state index contributed by atoms with van der Waals surface area (Å²) >= 11 is 12.0. The van der Waals surface area contributed by atoms with Crippen LogP contribution in [0.1, 0.15) is 18.4 Å². The van der Waals surface area contributed by atoms with E-state index in [-0.39, 0.29) is 0 Å². The molecule has 1 saturated heterocycles. The third-order valence-corrected chi connectivity index (χ3v) is 4.67. The maximum Gasteiger partial charge on any atom is 0.106 e. The van der Waals surface area contributed by atoms with E-state index in [9.17, 15) is 0 Å². The van der Waals surface area contributed by atoms with E-state index in [1.807, 2.05) is 12.1 Å². The number of nitrogens with one attached hydrogen (secondary N) is 1. The molecule has 5 nitrogen and oxygen atoms in total. The Kier molecular flexibility index (Phi) is 8.84. The molecule has 0 unspecified atom stereocenters. The summed E-state index contributed by atoms with van der Waals surface area (Å²) in [6.07, 6.45) is 1.79. The van der Waals surface area contributed by atoms with Crippen molar-refractivity contribution < 1.29 is 9.57 Å². The molecule has 0 atom stereocenters. The molecular weight excluding hydrogens is 349 g/mol. The van der Waals surface area contributed by atoms with Crippen LogP contribution in [-0.4, -0.2) is 63.7 Å². The second-order valence-corrected chi connectivity index (χ2v) is 6.47. The maximum atomic E-state index is 6.08. The van der Waals surface area contributed by atoms with Gasteiger partial charge in [0.2, 0.25) is 0 Å². The fraction of sp³-hybridized carbons (Fsp3) is 0.588. The largest absolute Gasteiger partial charge is 0.399 e. The van der Waals surface area contributed by atoms with Gasteiger partial charge in [-0.25, -0.2) is 0 Å². The SMILES string of the molecule is CO/N=C(\CCCNCCN1CCOCC1)c1ccc(Cl)c(Cl)c1. The van der Waals surface area contributed by atoms with Crippen LogP contribution in [0.25, 0.3) is 0 Å². The van der Waals surface area contributed by atoms with Gasteiger partial charge in [0.25, 0.3) is 0 Å². The molecule has 1 aromatic rings. The molecule has 1 heterocycles. The van der Waals surface area contributed by atoms with E-state index < -0.39 is 0 Å². The van der Waals surface area contributed by atoms with Crippen molar-refractivity contribution in [2.75, 3.05) is 53.0 Å². The first-order valence-electron chi connectivity index (χ1n) is 8.27. The lowest BCUT2D eigenvalue weighted by atomic mass is 10.1.